The van der Waals surface area contributed by atoms with Gasteiger partial charge in [-0.15, -0.1) is 0 Å². The summed E-state index contributed by atoms with van der Waals surface area (Å²) in [5, 5.41) is 0. The van der Waals surface area contributed by atoms with Gasteiger partial charge in [-0.2, -0.15) is 0 Å². The molecule has 0 aromatic heterocycles. The number of amidine groups is 1. The van der Waals surface area contributed by atoms with Crippen LogP contribution in [0.5, 0.6) is 0 Å². The molecule has 1 aliphatic heterocycles. The number of hydrogen-bond donors (Lipinski definition) is 0. The van der Waals surface area contributed by atoms with Crippen molar-refractivity contribution in [2.45, 2.75) is 13.0 Å². The van der Waals surface area contributed by atoms with Crippen LogP contribution in [0.15, 0.2) is 89.9 Å². The molecule has 1 heterocycles. The molecule has 3 aromatic rings. The summed E-state index contributed by atoms with van der Waals surface area (Å²) in [5.74, 6) is 1.06. The Bertz CT molecular complexity index is 853. The van der Waals surface area contributed by atoms with E-state index in [0.29, 0.717) is 0 Å². The Balaban J connectivity index is 1.79. The van der Waals surface area contributed by atoms with Crippen molar-refractivity contribution in [2.75, 3.05) is 11.4 Å². The average molecular weight is 312 g/mol. The monoisotopic (exact) mass is 312 g/mol. The van der Waals surface area contributed by atoms with Gasteiger partial charge in [-0.3, -0.25) is 4.99 Å². The van der Waals surface area contributed by atoms with Crippen molar-refractivity contribution in [1.82, 2.24) is 0 Å². The van der Waals surface area contributed by atoms with Gasteiger partial charge in [0.25, 0.3) is 0 Å². The van der Waals surface area contributed by atoms with E-state index in [0.717, 1.165) is 12.4 Å². The topological polar surface area (TPSA) is 15.6 Å². The normalized spacial score (nSPS) is 17.0. The third kappa shape index (κ3) is 2.71. The van der Waals surface area contributed by atoms with Crippen LogP contribution in [-0.2, 0) is 0 Å². The number of hydrogen-bond acceptors (Lipinski definition) is 2. The Hall–Kier alpha value is -2.87. The summed E-state index contributed by atoms with van der Waals surface area (Å²) >= 11 is 0. The molecule has 0 saturated heterocycles. The van der Waals surface area contributed by atoms with E-state index in [1.807, 2.05) is 0 Å². The molecule has 1 atom stereocenters. The standard InChI is InChI=1S/C22H20N2/c1-17-10-8-9-15-20(17)22-23-21(18-11-4-2-5-12-18)16-24(22)19-13-6-3-7-14-19/h2-15,21H,16H2,1H3. The van der Waals surface area contributed by atoms with Gasteiger partial charge in [0.2, 0.25) is 0 Å². The van der Waals surface area contributed by atoms with Gasteiger partial charge in [-0.25, -0.2) is 0 Å². The molecule has 0 saturated carbocycles. The van der Waals surface area contributed by atoms with Crippen LogP contribution in [0.3, 0.4) is 0 Å². The van der Waals surface area contributed by atoms with E-state index >= 15 is 0 Å². The third-order valence-corrected chi connectivity index (χ3v) is 4.53. The van der Waals surface area contributed by atoms with Crippen molar-refractivity contribution in [3.8, 4) is 0 Å². The highest BCUT2D eigenvalue weighted by Gasteiger charge is 2.28. The number of rotatable bonds is 3. The molecule has 0 N–H and O–H groups in total. The summed E-state index contributed by atoms with van der Waals surface area (Å²) in [6, 6.07) is 29.7. The Morgan fingerprint density at radius 1 is 0.792 bits per heavy atom. The number of anilines is 1. The number of aryl methyl sites for hydroxylation is 1. The molecule has 2 heteroatoms. The molecule has 4 rings (SSSR count). The summed E-state index contributed by atoms with van der Waals surface area (Å²) in [7, 11) is 0. The minimum atomic E-state index is 0.168. The SMILES string of the molecule is Cc1ccccc1C1=NC(c2ccccc2)CN1c1ccccc1. The van der Waals surface area contributed by atoms with E-state index in [-0.39, 0.29) is 6.04 Å². The van der Waals surface area contributed by atoms with Gasteiger partial charge >= 0.3 is 0 Å². The fourth-order valence-electron chi connectivity index (χ4n) is 3.25. The molecule has 24 heavy (non-hydrogen) atoms. The van der Waals surface area contributed by atoms with Crippen molar-refractivity contribution in [1.29, 1.82) is 0 Å². The molecule has 2 nitrogen and oxygen atoms in total. The third-order valence-electron chi connectivity index (χ3n) is 4.53. The summed E-state index contributed by atoms with van der Waals surface area (Å²) in [5.41, 5.74) is 4.92. The van der Waals surface area contributed by atoms with Gasteiger partial charge in [0.15, 0.2) is 0 Å². The summed E-state index contributed by atoms with van der Waals surface area (Å²) in [6.45, 7) is 3.02. The smallest absolute Gasteiger partial charge is 0.136 e. The van der Waals surface area contributed by atoms with Crippen LogP contribution in [0, 0.1) is 6.92 Å². The van der Waals surface area contributed by atoms with Crippen LogP contribution < -0.4 is 4.90 Å². The van der Waals surface area contributed by atoms with Crippen LogP contribution in [-0.4, -0.2) is 12.4 Å². The number of para-hydroxylation sites is 1. The van der Waals surface area contributed by atoms with E-state index in [4.69, 9.17) is 4.99 Å². The van der Waals surface area contributed by atoms with Crippen molar-refractivity contribution >= 4 is 11.5 Å². The maximum Gasteiger partial charge on any atom is 0.136 e. The number of benzene rings is 3. The molecule has 0 bridgehead atoms. The second kappa shape index (κ2) is 6.32. The Morgan fingerprint density at radius 2 is 1.42 bits per heavy atom. The Labute approximate surface area is 143 Å². The molecule has 3 aromatic carbocycles. The lowest BCUT2D eigenvalue weighted by molar-refractivity contribution is 0.780. The lowest BCUT2D eigenvalue weighted by atomic mass is 10.1. The lowest BCUT2D eigenvalue weighted by Crippen LogP contribution is -2.29. The van der Waals surface area contributed by atoms with E-state index in [1.165, 1.54) is 22.4 Å². The summed E-state index contributed by atoms with van der Waals surface area (Å²) < 4.78 is 0. The fourth-order valence-corrected chi connectivity index (χ4v) is 3.25. The van der Waals surface area contributed by atoms with Crippen LogP contribution in [0.25, 0.3) is 0 Å². The van der Waals surface area contributed by atoms with Gasteiger partial charge in [0.05, 0.1) is 12.6 Å². The van der Waals surface area contributed by atoms with Gasteiger partial charge in [-0.05, 0) is 30.2 Å². The van der Waals surface area contributed by atoms with Crippen LogP contribution in [0.4, 0.5) is 5.69 Å². The Morgan fingerprint density at radius 3 is 2.12 bits per heavy atom. The maximum absolute atomic E-state index is 5.09. The first kappa shape index (κ1) is 14.7. The van der Waals surface area contributed by atoms with Crippen LogP contribution in [0.1, 0.15) is 22.7 Å². The van der Waals surface area contributed by atoms with Crippen molar-refractivity contribution < 1.29 is 0 Å². The fraction of sp³-hybridized carbons (Fsp3) is 0.136. The molecule has 0 spiro atoms. The summed E-state index contributed by atoms with van der Waals surface area (Å²) in [6.07, 6.45) is 0. The van der Waals surface area contributed by atoms with Gasteiger partial charge in [0.1, 0.15) is 5.84 Å². The van der Waals surface area contributed by atoms with Crippen molar-refractivity contribution in [3.05, 3.63) is 102 Å². The highest BCUT2D eigenvalue weighted by Crippen LogP contribution is 2.31. The molecule has 0 aliphatic carbocycles. The zero-order valence-electron chi connectivity index (χ0n) is 13.8. The maximum atomic E-state index is 5.09. The first-order valence-electron chi connectivity index (χ1n) is 8.34. The number of aliphatic imine (C=N–C) groups is 1. The molecule has 0 amide bonds. The quantitative estimate of drug-likeness (QED) is 0.664. The minimum absolute atomic E-state index is 0.168. The molecule has 1 aliphatic rings. The molecule has 1 unspecified atom stereocenters. The first-order chi connectivity index (χ1) is 11.8. The lowest BCUT2D eigenvalue weighted by Gasteiger charge is -2.22. The van der Waals surface area contributed by atoms with Gasteiger partial charge in [-0.1, -0.05) is 72.8 Å². The second-order valence-corrected chi connectivity index (χ2v) is 6.14. The van der Waals surface area contributed by atoms with Crippen molar-refractivity contribution in [3.63, 3.8) is 0 Å². The zero-order valence-corrected chi connectivity index (χ0v) is 13.8. The molecule has 118 valence electrons. The first-order valence-corrected chi connectivity index (χ1v) is 8.34. The minimum Gasteiger partial charge on any atom is -0.324 e. The average Bonchev–Trinajstić information content (AvgIpc) is 3.09. The van der Waals surface area contributed by atoms with Gasteiger partial charge < -0.3 is 4.90 Å². The van der Waals surface area contributed by atoms with Crippen molar-refractivity contribution in [2.24, 2.45) is 4.99 Å². The second-order valence-electron chi connectivity index (χ2n) is 6.14. The zero-order chi connectivity index (χ0) is 16.4. The molecular formula is C22H20N2. The van der Waals surface area contributed by atoms with E-state index < -0.39 is 0 Å². The van der Waals surface area contributed by atoms with E-state index in [2.05, 4.69) is 96.8 Å². The van der Waals surface area contributed by atoms with Crippen LogP contribution in [0.2, 0.25) is 0 Å². The highest BCUT2D eigenvalue weighted by atomic mass is 15.3. The highest BCUT2D eigenvalue weighted by molar-refractivity contribution is 6.12. The van der Waals surface area contributed by atoms with E-state index in [1.54, 1.807) is 0 Å². The Kier molecular flexibility index (Phi) is 3.87. The molecular weight excluding hydrogens is 292 g/mol. The number of nitrogens with zero attached hydrogens (tertiary/aromatic N) is 2. The predicted molar refractivity (Wildman–Crippen MR) is 101 cm³/mol. The molecule has 0 fully saturated rings. The van der Waals surface area contributed by atoms with Crippen LogP contribution >= 0.6 is 0 Å². The largest absolute Gasteiger partial charge is 0.324 e. The van der Waals surface area contributed by atoms with E-state index in [9.17, 15) is 0 Å². The van der Waals surface area contributed by atoms with Gasteiger partial charge in [0, 0.05) is 11.3 Å². The summed E-state index contributed by atoms with van der Waals surface area (Å²) in [4.78, 5) is 7.42. The molecule has 0 radical (unpaired) electrons. The predicted octanol–water partition coefficient (Wildman–Crippen LogP) is 5.00.